The molecule has 1 saturated heterocycles. The topological polar surface area (TPSA) is 49.3 Å². The molecule has 1 aliphatic carbocycles. The van der Waals surface area contributed by atoms with Crippen LogP contribution in [-0.2, 0) is 6.54 Å². The van der Waals surface area contributed by atoms with Gasteiger partial charge in [-0.15, -0.1) is 0 Å². The van der Waals surface area contributed by atoms with Crippen LogP contribution in [0.5, 0.6) is 0 Å². The molecule has 3 heterocycles. The molecule has 1 saturated carbocycles. The molecule has 0 radical (unpaired) electrons. The fraction of sp³-hybridized carbons (Fsp3) is 0.348. The molecule has 0 bridgehead atoms. The van der Waals surface area contributed by atoms with Crippen LogP contribution in [0.3, 0.4) is 0 Å². The molecule has 28 heavy (non-hydrogen) atoms. The second-order valence-corrected chi connectivity index (χ2v) is 7.97. The van der Waals surface area contributed by atoms with E-state index in [0.29, 0.717) is 11.7 Å². The minimum atomic E-state index is 0.0448. The maximum atomic E-state index is 13.0. The predicted molar refractivity (Wildman–Crippen MR) is 109 cm³/mol. The molecule has 142 valence electrons. The average molecular weight is 372 g/mol. The minimum Gasteiger partial charge on any atom is -0.334 e. The van der Waals surface area contributed by atoms with Crippen molar-refractivity contribution in [3.63, 3.8) is 0 Å². The van der Waals surface area contributed by atoms with Crippen molar-refractivity contribution in [1.29, 1.82) is 0 Å². The Balaban J connectivity index is 1.28. The number of fused-ring (bicyclic) bond motifs is 1. The van der Waals surface area contributed by atoms with E-state index < -0.39 is 0 Å². The summed E-state index contributed by atoms with van der Waals surface area (Å²) in [6, 6.07) is 14.5. The highest BCUT2D eigenvalue weighted by Gasteiger charge is 2.38. The highest BCUT2D eigenvalue weighted by Crippen LogP contribution is 2.32. The number of pyridine rings is 2. The molecule has 2 fully saturated rings. The number of likely N-dealkylation sites (tertiary alicyclic amines) is 1. The molecular formula is C23H24N4O. The van der Waals surface area contributed by atoms with Crippen LogP contribution >= 0.6 is 0 Å². The van der Waals surface area contributed by atoms with Crippen molar-refractivity contribution in [3.05, 3.63) is 72.3 Å². The van der Waals surface area contributed by atoms with Crippen molar-refractivity contribution in [2.75, 3.05) is 19.6 Å². The SMILES string of the molecule is O=C(c1nccc2ccccc12)N1CC(N(Cc2ccncc2)CC2CC2)C1. The Morgan fingerprint density at radius 2 is 1.82 bits per heavy atom. The van der Waals surface area contributed by atoms with Crippen molar-refractivity contribution in [3.8, 4) is 0 Å². The van der Waals surface area contributed by atoms with Crippen LogP contribution < -0.4 is 0 Å². The molecule has 1 aromatic carbocycles. The van der Waals surface area contributed by atoms with Crippen molar-refractivity contribution < 1.29 is 4.79 Å². The van der Waals surface area contributed by atoms with Gasteiger partial charge in [0.25, 0.3) is 5.91 Å². The quantitative estimate of drug-likeness (QED) is 0.666. The Bertz CT molecular complexity index is 975. The fourth-order valence-electron chi connectivity index (χ4n) is 3.99. The first kappa shape index (κ1) is 17.3. The maximum absolute atomic E-state index is 13.0. The molecule has 0 N–H and O–H groups in total. The van der Waals surface area contributed by atoms with E-state index in [4.69, 9.17) is 0 Å². The summed E-state index contributed by atoms with van der Waals surface area (Å²) < 4.78 is 0. The number of amides is 1. The number of hydrogen-bond acceptors (Lipinski definition) is 4. The third kappa shape index (κ3) is 3.50. The lowest BCUT2D eigenvalue weighted by atomic mass is 10.0. The van der Waals surface area contributed by atoms with E-state index in [1.807, 2.05) is 47.6 Å². The largest absolute Gasteiger partial charge is 0.334 e. The van der Waals surface area contributed by atoms with Gasteiger partial charge in [-0.05, 0) is 47.9 Å². The van der Waals surface area contributed by atoms with Crippen molar-refractivity contribution >= 4 is 16.7 Å². The average Bonchev–Trinajstić information content (AvgIpc) is 3.51. The van der Waals surface area contributed by atoms with E-state index in [1.54, 1.807) is 6.20 Å². The van der Waals surface area contributed by atoms with Gasteiger partial charge in [0, 0.05) is 56.2 Å². The Hall–Kier alpha value is -2.79. The third-order valence-corrected chi connectivity index (χ3v) is 5.87. The first-order chi connectivity index (χ1) is 13.8. The van der Waals surface area contributed by atoms with Crippen LogP contribution in [0.25, 0.3) is 10.8 Å². The molecule has 2 aromatic heterocycles. The number of carbonyl (C=O) groups excluding carboxylic acids is 1. The van der Waals surface area contributed by atoms with Crippen LogP contribution in [0.2, 0.25) is 0 Å². The third-order valence-electron chi connectivity index (χ3n) is 5.87. The highest BCUT2D eigenvalue weighted by atomic mass is 16.2. The summed E-state index contributed by atoms with van der Waals surface area (Å²) >= 11 is 0. The lowest BCUT2D eigenvalue weighted by molar-refractivity contribution is 0.0217. The van der Waals surface area contributed by atoms with Crippen molar-refractivity contribution in [2.24, 2.45) is 5.92 Å². The Morgan fingerprint density at radius 3 is 2.61 bits per heavy atom. The van der Waals surface area contributed by atoms with E-state index in [2.05, 4.69) is 27.0 Å². The standard InChI is InChI=1S/C23H24N4O/c28-23(22-21-4-2-1-3-19(21)9-12-25-22)27-15-20(16-27)26(13-17-5-6-17)14-18-7-10-24-11-8-18/h1-4,7-12,17,20H,5-6,13-16H2. The van der Waals surface area contributed by atoms with E-state index in [1.165, 1.54) is 18.4 Å². The van der Waals surface area contributed by atoms with Gasteiger partial charge in [-0.2, -0.15) is 0 Å². The monoisotopic (exact) mass is 372 g/mol. The van der Waals surface area contributed by atoms with Gasteiger partial charge in [0.2, 0.25) is 0 Å². The van der Waals surface area contributed by atoms with Gasteiger partial charge in [0.05, 0.1) is 0 Å². The number of nitrogens with zero attached hydrogens (tertiary/aromatic N) is 4. The van der Waals surface area contributed by atoms with Gasteiger partial charge in [0.15, 0.2) is 0 Å². The number of aromatic nitrogens is 2. The zero-order chi connectivity index (χ0) is 18.9. The Kier molecular flexibility index (Phi) is 4.53. The van der Waals surface area contributed by atoms with E-state index >= 15 is 0 Å². The summed E-state index contributed by atoms with van der Waals surface area (Å²) in [4.78, 5) is 26.0. The fourth-order valence-corrected chi connectivity index (χ4v) is 3.99. The second kappa shape index (κ2) is 7.32. The van der Waals surface area contributed by atoms with Crippen molar-refractivity contribution in [1.82, 2.24) is 19.8 Å². The predicted octanol–water partition coefficient (Wildman–Crippen LogP) is 3.37. The number of rotatable bonds is 6. The molecule has 0 atom stereocenters. The summed E-state index contributed by atoms with van der Waals surface area (Å²) in [5, 5.41) is 2.00. The van der Waals surface area contributed by atoms with E-state index in [0.717, 1.165) is 42.9 Å². The van der Waals surface area contributed by atoms with Gasteiger partial charge in [-0.3, -0.25) is 19.7 Å². The maximum Gasteiger partial charge on any atom is 0.273 e. The summed E-state index contributed by atoms with van der Waals surface area (Å²) in [7, 11) is 0. The lowest BCUT2D eigenvalue weighted by Crippen LogP contribution is -2.61. The van der Waals surface area contributed by atoms with Crippen LogP contribution in [-0.4, -0.2) is 51.4 Å². The molecule has 0 unspecified atom stereocenters. The zero-order valence-electron chi connectivity index (χ0n) is 15.9. The Morgan fingerprint density at radius 1 is 1.04 bits per heavy atom. The van der Waals surface area contributed by atoms with Crippen molar-refractivity contribution in [2.45, 2.75) is 25.4 Å². The van der Waals surface area contributed by atoms with Gasteiger partial charge >= 0.3 is 0 Å². The molecule has 1 amide bonds. The van der Waals surface area contributed by atoms with Gasteiger partial charge in [-0.25, -0.2) is 0 Å². The molecule has 3 aromatic rings. The van der Waals surface area contributed by atoms with Crippen LogP contribution in [0.4, 0.5) is 0 Å². The summed E-state index contributed by atoms with van der Waals surface area (Å²) in [5.74, 6) is 0.870. The Labute approximate surface area is 165 Å². The van der Waals surface area contributed by atoms with Crippen LogP contribution in [0, 0.1) is 5.92 Å². The number of hydrogen-bond donors (Lipinski definition) is 0. The molecule has 0 spiro atoms. The zero-order valence-corrected chi connectivity index (χ0v) is 15.9. The lowest BCUT2D eigenvalue weighted by Gasteiger charge is -2.45. The van der Waals surface area contributed by atoms with E-state index in [9.17, 15) is 4.79 Å². The number of benzene rings is 1. The smallest absolute Gasteiger partial charge is 0.273 e. The van der Waals surface area contributed by atoms with Gasteiger partial charge in [0.1, 0.15) is 5.69 Å². The van der Waals surface area contributed by atoms with Gasteiger partial charge < -0.3 is 4.90 Å². The molecule has 1 aliphatic heterocycles. The molecular weight excluding hydrogens is 348 g/mol. The van der Waals surface area contributed by atoms with Crippen LogP contribution in [0.15, 0.2) is 61.1 Å². The molecule has 2 aliphatic rings. The highest BCUT2D eigenvalue weighted by molar-refractivity contribution is 6.05. The second-order valence-electron chi connectivity index (χ2n) is 7.97. The summed E-state index contributed by atoms with van der Waals surface area (Å²) in [5.41, 5.74) is 1.86. The first-order valence-electron chi connectivity index (χ1n) is 10.0. The number of carbonyl (C=O) groups is 1. The normalized spacial score (nSPS) is 17.1. The summed E-state index contributed by atoms with van der Waals surface area (Å²) in [6.45, 7) is 3.61. The molecule has 5 rings (SSSR count). The summed E-state index contributed by atoms with van der Waals surface area (Å²) in [6.07, 6.45) is 8.11. The molecule has 5 heteroatoms. The first-order valence-corrected chi connectivity index (χ1v) is 10.0. The van der Waals surface area contributed by atoms with E-state index in [-0.39, 0.29) is 5.91 Å². The van der Waals surface area contributed by atoms with Crippen LogP contribution in [0.1, 0.15) is 28.9 Å². The molecule has 5 nitrogen and oxygen atoms in total. The minimum absolute atomic E-state index is 0.0448. The van der Waals surface area contributed by atoms with Gasteiger partial charge in [-0.1, -0.05) is 24.3 Å².